The Morgan fingerprint density at radius 1 is 0.895 bits per heavy atom. The Bertz CT molecular complexity index is 757. The largest absolute Gasteiger partial charge is 0.488 e. The smallest absolute Gasteiger partial charge is 0.423 e. The van der Waals surface area contributed by atoms with Gasteiger partial charge in [0.2, 0.25) is 0 Å². The molecule has 0 aliphatic heterocycles. The Kier molecular flexibility index (Phi) is 2.22. The van der Waals surface area contributed by atoms with Gasteiger partial charge < -0.3 is 10.0 Å². The molecule has 2 aromatic carbocycles. The molecule has 0 heterocycles. The lowest BCUT2D eigenvalue weighted by Gasteiger charge is -2.23. The fraction of sp³-hybridized carbons (Fsp3) is 0.125. The van der Waals surface area contributed by atoms with Crippen LogP contribution in [-0.4, -0.2) is 17.2 Å². The SMILES string of the molecule is OB(O)C1=CCc2ccc3c4c(ccc1c24)C=CC3. The average Bonchev–Trinajstić information content (AvgIpc) is 2.44. The zero-order chi connectivity index (χ0) is 13.0. The molecule has 3 heteroatoms. The van der Waals surface area contributed by atoms with E-state index in [2.05, 4.69) is 30.4 Å². The molecule has 2 nitrogen and oxygen atoms in total. The number of rotatable bonds is 1. The summed E-state index contributed by atoms with van der Waals surface area (Å²) in [5.74, 6) is 0. The summed E-state index contributed by atoms with van der Waals surface area (Å²) in [6.07, 6.45) is 7.98. The highest BCUT2D eigenvalue weighted by Gasteiger charge is 2.25. The highest BCUT2D eigenvalue weighted by molar-refractivity contribution is 6.66. The summed E-state index contributed by atoms with van der Waals surface area (Å²) in [6.45, 7) is 0. The van der Waals surface area contributed by atoms with Crippen molar-refractivity contribution < 1.29 is 10.0 Å². The van der Waals surface area contributed by atoms with Crippen molar-refractivity contribution in [1.82, 2.24) is 0 Å². The zero-order valence-corrected chi connectivity index (χ0v) is 10.4. The number of hydrogen-bond acceptors (Lipinski definition) is 2. The van der Waals surface area contributed by atoms with Gasteiger partial charge in [0.25, 0.3) is 0 Å². The minimum absolute atomic E-state index is 0.630. The fourth-order valence-corrected chi connectivity index (χ4v) is 3.27. The van der Waals surface area contributed by atoms with Crippen molar-refractivity contribution in [1.29, 1.82) is 0 Å². The Morgan fingerprint density at radius 2 is 1.68 bits per heavy atom. The molecule has 0 atom stereocenters. The van der Waals surface area contributed by atoms with Gasteiger partial charge in [0.1, 0.15) is 0 Å². The van der Waals surface area contributed by atoms with Gasteiger partial charge in [-0.2, -0.15) is 0 Å². The third-order valence-electron chi connectivity index (χ3n) is 4.13. The minimum Gasteiger partial charge on any atom is -0.423 e. The first-order valence-corrected chi connectivity index (χ1v) is 6.56. The minimum atomic E-state index is -1.40. The summed E-state index contributed by atoms with van der Waals surface area (Å²) in [7, 11) is -1.40. The van der Waals surface area contributed by atoms with E-state index in [0.29, 0.717) is 5.47 Å². The summed E-state index contributed by atoms with van der Waals surface area (Å²) in [5, 5.41) is 21.6. The van der Waals surface area contributed by atoms with Crippen LogP contribution in [0.4, 0.5) is 0 Å². The molecule has 0 fully saturated rings. The van der Waals surface area contributed by atoms with E-state index in [1.54, 1.807) is 0 Å². The summed E-state index contributed by atoms with van der Waals surface area (Å²) in [4.78, 5) is 0. The molecule has 0 bridgehead atoms. The van der Waals surface area contributed by atoms with Gasteiger partial charge in [0.15, 0.2) is 0 Å². The molecule has 0 unspecified atom stereocenters. The third kappa shape index (κ3) is 1.46. The van der Waals surface area contributed by atoms with Crippen LogP contribution in [0.1, 0.15) is 22.3 Å². The molecule has 0 saturated carbocycles. The monoisotopic (exact) mass is 248 g/mol. The zero-order valence-electron chi connectivity index (χ0n) is 10.4. The number of benzene rings is 2. The van der Waals surface area contributed by atoms with Crippen LogP contribution < -0.4 is 0 Å². The molecule has 4 rings (SSSR count). The third-order valence-corrected chi connectivity index (χ3v) is 4.13. The van der Waals surface area contributed by atoms with Gasteiger partial charge in [-0.15, -0.1) is 0 Å². The average molecular weight is 248 g/mol. The number of allylic oxidation sites excluding steroid dienone is 2. The van der Waals surface area contributed by atoms with Gasteiger partial charge >= 0.3 is 7.12 Å². The van der Waals surface area contributed by atoms with Crippen LogP contribution in [-0.2, 0) is 12.8 Å². The van der Waals surface area contributed by atoms with Crippen LogP contribution in [0.5, 0.6) is 0 Å². The standard InChI is InChI=1S/C16H13BO2/c18-17(19)14-9-7-12-5-4-10-2-1-3-11-6-8-13(14)16(12)15(10)11/h1,3-6,8-9,18-19H,2,7H2. The maximum Gasteiger partial charge on any atom is 0.488 e. The van der Waals surface area contributed by atoms with Crippen molar-refractivity contribution >= 4 is 29.4 Å². The molecular formula is C16H13BO2. The van der Waals surface area contributed by atoms with Gasteiger partial charge in [-0.05, 0) is 51.3 Å². The lowest BCUT2D eigenvalue weighted by Crippen LogP contribution is -2.17. The van der Waals surface area contributed by atoms with Gasteiger partial charge in [0, 0.05) is 0 Å². The molecule has 92 valence electrons. The summed E-state index contributed by atoms with van der Waals surface area (Å²) < 4.78 is 0. The quantitative estimate of drug-likeness (QED) is 0.760. The van der Waals surface area contributed by atoms with Crippen LogP contribution >= 0.6 is 0 Å². The second-order valence-corrected chi connectivity index (χ2v) is 5.18. The highest BCUT2D eigenvalue weighted by Crippen LogP contribution is 2.38. The first kappa shape index (κ1) is 11.0. The number of hydrogen-bond donors (Lipinski definition) is 2. The van der Waals surface area contributed by atoms with E-state index in [9.17, 15) is 10.0 Å². The molecule has 2 N–H and O–H groups in total. The summed E-state index contributed by atoms with van der Waals surface area (Å²) in [5.41, 5.74) is 5.43. The van der Waals surface area contributed by atoms with Gasteiger partial charge in [-0.3, -0.25) is 0 Å². The summed E-state index contributed by atoms with van der Waals surface area (Å²) in [6, 6.07) is 8.44. The second kappa shape index (κ2) is 3.83. The van der Waals surface area contributed by atoms with Crippen molar-refractivity contribution in [2.24, 2.45) is 0 Å². The molecule has 0 amide bonds. The van der Waals surface area contributed by atoms with Crippen molar-refractivity contribution in [3.8, 4) is 0 Å². The molecule has 0 saturated heterocycles. The topological polar surface area (TPSA) is 40.5 Å². The van der Waals surface area contributed by atoms with Crippen LogP contribution in [0.15, 0.2) is 36.4 Å². The Morgan fingerprint density at radius 3 is 2.47 bits per heavy atom. The first-order valence-electron chi connectivity index (χ1n) is 6.56. The van der Waals surface area contributed by atoms with Crippen molar-refractivity contribution in [3.05, 3.63) is 58.7 Å². The van der Waals surface area contributed by atoms with Crippen LogP contribution in [0.3, 0.4) is 0 Å². The van der Waals surface area contributed by atoms with E-state index in [4.69, 9.17) is 0 Å². The maximum absolute atomic E-state index is 9.54. The van der Waals surface area contributed by atoms with E-state index in [0.717, 1.165) is 18.4 Å². The second-order valence-electron chi connectivity index (χ2n) is 5.18. The van der Waals surface area contributed by atoms with E-state index >= 15 is 0 Å². The molecular weight excluding hydrogens is 235 g/mol. The molecule has 2 aromatic rings. The van der Waals surface area contributed by atoms with Crippen molar-refractivity contribution in [2.75, 3.05) is 0 Å². The van der Waals surface area contributed by atoms with Crippen LogP contribution in [0.25, 0.3) is 22.3 Å². The molecule has 0 aromatic heterocycles. The van der Waals surface area contributed by atoms with E-state index in [-0.39, 0.29) is 0 Å². The predicted octanol–water partition coefficient (Wildman–Crippen LogP) is 2.36. The lowest BCUT2D eigenvalue weighted by atomic mass is 9.69. The Labute approximate surface area is 111 Å². The van der Waals surface area contributed by atoms with Gasteiger partial charge in [0.05, 0.1) is 0 Å². The first-order chi connectivity index (χ1) is 9.25. The normalized spacial score (nSPS) is 15.6. The Hall–Kier alpha value is -1.84. The van der Waals surface area contributed by atoms with Crippen LogP contribution in [0.2, 0.25) is 0 Å². The van der Waals surface area contributed by atoms with E-state index in [1.807, 2.05) is 12.1 Å². The van der Waals surface area contributed by atoms with Crippen molar-refractivity contribution in [3.63, 3.8) is 0 Å². The lowest BCUT2D eigenvalue weighted by molar-refractivity contribution is 0.427. The van der Waals surface area contributed by atoms with Gasteiger partial charge in [-0.1, -0.05) is 42.5 Å². The van der Waals surface area contributed by atoms with Crippen LogP contribution in [0, 0.1) is 0 Å². The van der Waals surface area contributed by atoms with Gasteiger partial charge in [-0.25, -0.2) is 0 Å². The van der Waals surface area contributed by atoms with E-state index < -0.39 is 7.12 Å². The molecule has 19 heavy (non-hydrogen) atoms. The molecule has 0 spiro atoms. The maximum atomic E-state index is 9.54. The van der Waals surface area contributed by atoms with Crippen molar-refractivity contribution in [2.45, 2.75) is 12.8 Å². The molecule has 2 aliphatic rings. The summed E-state index contributed by atoms with van der Waals surface area (Å²) >= 11 is 0. The molecule has 2 aliphatic carbocycles. The van der Waals surface area contributed by atoms with E-state index in [1.165, 1.54) is 27.5 Å². The Balaban J connectivity index is 2.15. The molecule has 0 radical (unpaired) electrons. The highest BCUT2D eigenvalue weighted by atomic mass is 16.4. The predicted molar refractivity (Wildman–Crippen MR) is 78.6 cm³/mol. The fourth-order valence-electron chi connectivity index (χ4n) is 3.27.